The van der Waals surface area contributed by atoms with Gasteiger partial charge in [-0.25, -0.2) is 4.98 Å². The Kier molecular flexibility index (Phi) is 4.92. The first kappa shape index (κ1) is 19.3. The second-order valence-electron chi connectivity index (χ2n) is 8.66. The highest BCUT2D eigenvalue weighted by Gasteiger charge is 2.35. The van der Waals surface area contributed by atoms with Crippen molar-refractivity contribution >= 4 is 28.4 Å². The molecule has 1 atom stereocenters. The summed E-state index contributed by atoms with van der Waals surface area (Å²) in [6.07, 6.45) is 4.19. The number of para-hydroxylation sites is 2. The molecule has 0 saturated carbocycles. The summed E-state index contributed by atoms with van der Waals surface area (Å²) >= 11 is 0. The molecule has 2 aromatic carbocycles. The zero-order valence-electron chi connectivity index (χ0n) is 17.7. The third-order valence-electron chi connectivity index (χ3n) is 5.93. The van der Waals surface area contributed by atoms with E-state index in [0.29, 0.717) is 17.3 Å². The van der Waals surface area contributed by atoms with Crippen LogP contribution in [-0.2, 0) is 0 Å². The highest BCUT2D eigenvalue weighted by atomic mass is 15.2. The lowest BCUT2D eigenvalue weighted by Gasteiger charge is -2.47. The number of aromatic amines is 1. The van der Waals surface area contributed by atoms with Crippen LogP contribution in [-0.4, -0.2) is 22.1 Å². The lowest BCUT2D eigenvalue weighted by molar-refractivity contribution is 0.376. The molecular weight excluding hydrogens is 356 g/mol. The van der Waals surface area contributed by atoms with Crippen molar-refractivity contribution in [3.05, 3.63) is 59.4 Å². The molecule has 0 spiro atoms. The van der Waals surface area contributed by atoms with Gasteiger partial charge in [0.1, 0.15) is 11.9 Å². The fourth-order valence-electron chi connectivity index (χ4n) is 4.65. The molecule has 148 valence electrons. The van der Waals surface area contributed by atoms with Gasteiger partial charge in [-0.1, -0.05) is 32.0 Å². The summed E-state index contributed by atoms with van der Waals surface area (Å²) in [7, 11) is 0. The fourth-order valence-corrected chi connectivity index (χ4v) is 4.65. The summed E-state index contributed by atoms with van der Waals surface area (Å²) < 4.78 is 0. The molecule has 3 aromatic rings. The number of rotatable bonds is 4. The van der Waals surface area contributed by atoms with Crippen LogP contribution in [0.3, 0.4) is 0 Å². The number of anilines is 1. The van der Waals surface area contributed by atoms with Gasteiger partial charge in [0.15, 0.2) is 0 Å². The molecule has 1 aliphatic heterocycles. The smallest absolute Gasteiger partial charge is 0.149 e. The monoisotopic (exact) mass is 384 g/mol. The molecule has 2 heterocycles. The quantitative estimate of drug-likeness (QED) is 0.551. The first-order chi connectivity index (χ1) is 13.9. The number of benzene rings is 2. The van der Waals surface area contributed by atoms with Gasteiger partial charge in [-0.3, -0.25) is 0 Å². The Hall–Kier alpha value is -3.06. The van der Waals surface area contributed by atoms with Crippen molar-refractivity contribution in [2.45, 2.75) is 52.0 Å². The lowest BCUT2D eigenvalue weighted by Crippen LogP contribution is -2.48. The molecule has 0 saturated heterocycles. The van der Waals surface area contributed by atoms with Crippen molar-refractivity contribution < 1.29 is 0 Å². The van der Waals surface area contributed by atoms with Crippen molar-refractivity contribution in [1.82, 2.24) is 9.97 Å². The molecule has 0 radical (unpaired) electrons. The second kappa shape index (κ2) is 7.40. The van der Waals surface area contributed by atoms with E-state index >= 15 is 0 Å². The van der Waals surface area contributed by atoms with Gasteiger partial charge in [-0.15, -0.1) is 0 Å². The van der Waals surface area contributed by atoms with E-state index in [9.17, 15) is 5.26 Å². The molecule has 1 aromatic heterocycles. The van der Waals surface area contributed by atoms with E-state index in [0.717, 1.165) is 36.0 Å². The maximum atomic E-state index is 9.75. The minimum atomic E-state index is 0.159. The number of aromatic nitrogens is 2. The van der Waals surface area contributed by atoms with Crippen molar-refractivity contribution in [1.29, 1.82) is 5.26 Å². The average molecular weight is 385 g/mol. The molecule has 4 rings (SSSR count). The van der Waals surface area contributed by atoms with Crippen LogP contribution in [0.1, 0.15) is 63.4 Å². The first-order valence-corrected chi connectivity index (χ1v) is 10.4. The summed E-state index contributed by atoms with van der Waals surface area (Å²) in [6.45, 7) is 10.3. The van der Waals surface area contributed by atoms with Gasteiger partial charge in [0.05, 0.1) is 16.6 Å². The predicted molar refractivity (Wildman–Crippen MR) is 121 cm³/mol. The Morgan fingerprint density at radius 2 is 2.10 bits per heavy atom. The highest BCUT2D eigenvalue weighted by Crippen LogP contribution is 2.43. The largest absolute Gasteiger partial charge is 0.366 e. The standard InChI is InChI=1S/C25H28N4/c1-5-12-29-23-11-10-18(14-20(23)17(2)15-25(29,3)4)13-19(16-26)24-27-21-8-6-7-9-22(21)28-24/h6-11,13-14,17H,5,12,15H2,1-4H3,(H,27,28)/b19-13+. The summed E-state index contributed by atoms with van der Waals surface area (Å²) in [6, 6.07) is 16.8. The van der Waals surface area contributed by atoms with Gasteiger partial charge >= 0.3 is 0 Å². The first-order valence-electron chi connectivity index (χ1n) is 10.4. The van der Waals surface area contributed by atoms with E-state index in [1.165, 1.54) is 11.3 Å². The summed E-state index contributed by atoms with van der Waals surface area (Å²) in [5, 5.41) is 9.75. The zero-order chi connectivity index (χ0) is 20.6. The zero-order valence-corrected chi connectivity index (χ0v) is 17.7. The van der Waals surface area contributed by atoms with E-state index in [4.69, 9.17) is 0 Å². The minimum Gasteiger partial charge on any atom is -0.366 e. The number of hydrogen-bond donors (Lipinski definition) is 1. The Morgan fingerprint density at radius 3 is 2.83 bits per heavy atom. The van der Waals surface area contributed by atoms with Gasteiger partial charge in [-0.2, -0.15) is 5.26 Å². The predicted octanol–water partition coefficient (Wildman–Crippen LogP) is 6.13. The van der Waals surface area contributed by atoms with Gasteiger partial charge < -0.3 is 9.88 Å². The van der Waals surface area contributed by atoms with Crippen LogP contribution in [0.15, 0.2) is 42.5 Å². The molecule has 0 bridgehead atoms. The molecule has 0 amide bonds. The summed E-state index contributed by atoms with van der Waals surface area (Å²) in [5.74, 6) is 1.10. The topological polar surface area (TPSA) is 55.7 Å². The van der Waals surface area contributed by atoms with Gasteiger partial charge in [-0.05, 0) is 74.1 Å². The number of imidazole rings is 1. The van der Waals surface area contributed by atoms with E-state index in [1.807, 2.05) is 30.3 Å². The molecule has 29 heavy (non-hydrogen) atoms. The van der Waals surface area contributed by atoms with Gasteiger partial charge in [0, 0.05) is 17.8 Å². The van der Waals surface area contributed by atoms with Crippen LogP contribution in [0.25, 0.3) is 22.7 Å². The normalized spacial score (nSPS) is 18.5. The Bertz CT molecular complexity index is 1080. The van der Waals surface area contributed by atoms with E-state index in [2.05, 4.69) is 66.8 Å². The molecule has 1 N–H and O–H groups in total. The van der Waals surface area contributed by atoms with Gasteiger partial charge in [0.2, 0.25) is 0 Å². The second-order valence-corrected chi connectivity index (χ2v) is 8.66. The number of nitrogens with one attached hydrogen (secondary N) is 1. The third-order valence-corrected chi connectivity index (χ3v) is 5.93. The number of nitrogens with zero attached hydrogens (tertiary/aromatic N) is 3. The Balaban J connectivity index is 1.74. The Morgan fingerprint density at radius 1 is 1.31 bits per heavy atom. The van der Waals surface area contributed by atoms with Crippen LogP contribution >= 0.6 is 0 Å². The van der Waals surface area contributed by atoms with Crippen LogP contribution in [0.5, 0.6) is 0 Å². The van der Waals surface area contributed by atoms with Crippen molar-refractivity contribution in [2.24, 2.45) is 0 Å². The number of fused-ring (bicyclic) bond motifs is 2. The van der Waals surface area contributed by atoms with Gasteiger partial charge in [0.25, 0.3) is 0 Å². The van der Waals surface area contributed by atoms with Crippen LogP contribution in [0.4, 0.5) is 5.69 Å². The number of allylic oxidation sites excluding steroid dienone is 1. The van der Waals surface area contributed by atoms with Crippen LogP contribution < -0.4 is 4.90 Å². The number of H-pyrrole nitrogens is 1. The molecular formula is C25H28N4. The van der Waals surface area contributed by atoms with E-state index in [-0.39, 0.29) is 5.54 Å². The van der Waals surface area contributed by atoms with Crippen LogP contribution in [0.2, 0.25) is 0 Å². The molecule has 1 aliphatic rings. The summed E-state index contributed by atoms with van der Waals surface area (Å²) in [4.78, 5) is 10.4. The molecule has 0 aliphatic carbocycles. The maximum absolute atomic E-state index is 9.75. The molecule has 4 nitrogen and oxygen atoms in total. The minimum absolute atomic E-state index is 0.159. The SMILES string of the molecule is CCCN1c2ccc(/C=C(\C#N)c3nc4ccccc4[nH]3)cc2C(C)CC1(C)C. The Labute approximate surface area is 172 Å². The highest BCUT2D eigenvalue weighted by molar-refractivity contribution is 5.90. The van der Waals surface area contributed by atoms with E-state index < -0.39 is 0 Å². The number of nitriles is 1. The molecule has 0 fully saturated rings. The molecule has 4 heteroatoms. The van der Waals surface area contributed by atoms with Crippen LogP contribution in [0, 0.1) is 11.3 Å². The third kappa shape index (κ3) is 3.53. The lowest BCUT2D eigenvalue weighted by atomic mass is 9.79. The van der Waals surface area contributed by atoms with Crippen molar-refractivity contribution in [3.63, 3.8) is 0 Å². The maximum Gasteiger partial charge on any atom is 0.149 e. The van der Waals surface area contributed by atoms with Crippen molar-refractivity contribution in [3.8, 4) is 6.07 Å². The number of hydrogen-bond acceptors (Lipinski definition) is 3. The van der Waals surface area contributed by atoms with E-state index in [1.54, 1.807) is 0 Å². The average Bonchev–Trinajstić information content (AvgIpc) is 3.13. The van der Waals surface area contributed by atoms with Crippen molar-refractivity contribution in [2.75, 3.05) is 11.4 Å². The molecule has 1 unspecified atom stereocenters. The fraction of sp³-hybridized carbons (Fsp3) is 0.360. The summed E-state index contributed by atoms with van der Waals surface area (Å²) in [5.41, 5.74) is 6.27.